The Morgan fingerprint density at radius 1 is 0.964 bits per heavy atom. The first-order valence-corrected chi connectivity index (χ1v) is 8.67. The maximum Gasteiger partial charge on any atom is 0.339 e. The van der Waals surface area contributed by atoms with Gasteiger partial charge in [-0.05, 0) is 23.3 Å². The van der Waals surface area contributed by atoms with E-state index in [1.54, 1.807) is 54.6 Å². The number of nitrogens with one attached hydrogen (secondary N) is 1. The molecule has 28 heavy (non-hydrogen) atoms. The van der Waals surface area contributed by atoms with Gasteiger partial charge in [0.2, 0.25) is 0 Å². The molecule has 1 atom stereocenters. The quantitative estimate of drug-likeness (QED) is 0.689. The molecule has 0 aliphatic carbocycles. The Bertz CT molecular complexity index is 1070. The summed E-state index contributed by atoms with van der Waals surface area (Å²) in [5.74, 6) is -2.95. The second-order valence-electron chi connectivity index (χ2n) is 6.42. The standard InChI is InChI=1S/C22H15F2NO3/c23-15-11-17(13-6-2-1-3-7-13)20(18(24)12-15)25-21(26)19-10-14-8-4-5-9-16(14)22(27)28-19/h1-9,11-12,19H,10H2,(H,25,26)/t19-/m0/s1. The van der Waals surface area contributed by atoms with E-state index in [1.165, 1.54) is 0 Å². The fourth-order valence-corrected chi connectivity index (χ4v) is 3.23. The molecule has 0 saturated heterocycles. The predicted molar refractivity (Wildman–Crippen MR) is 99.8 cm³/mol. The summed E-state index contributed by atoms with van der Waals surface area (Å²) in [4.78, 5) is 24.8. The van der Waals surface area contributed by atoms with Crippen LogP contribution in [0.2, 0.25) is 0 Å². The number of anilines is 1. The minimum atomic E-state index is -1.10. The third kappa shape index (κ3) is 3.36. The highest BCUT2D eigenvalue weighted by Crippen LogP contribution is 2.32. The van der Waals surface area contributed by atoms with Crippen molar-refractivity contribution in [3.8, 4) is 11.1 Å². The van der Waals surface area contributed by atoms with Gasteiger partial charge in [-0.1, -0.05) is 48.5 Å². The summed E-state index contributed by atoms with van der Waals surface area (Å²) in [6, 6.07) is 17.3. The lowest BCUT2D eigenvalue weighted by Gasteiger charge is -2.24. The van der Waals surface area contributed by atoms with E-state index < -0.39 is 29.6 Å². The van der Waals surface area contributed by atoms with E-state index in [4.69, 9.17) is 4.74 Å². The third-order valence-corrected chi connectivity index (χ3v) is 4.57. The van der Waals surface area contributed by atoms with Crippen LogP contribution < -0.4 is 5.32 Å². The Labute approximate surface area is 159 Å². The second-order valence-corrected chi connectivity index (χ2v) is 6.42. The molecule has 1 amide bonds. The first kappa shape index (κ1) is 17.9. The number of carbonyl (C=O) groups is 2. The van der Waals surface area contributed by atoms with E-state index in [0.717, 1.165) is 6.07 Å². The summed E-state index contributed by atoms with van der Waals surface area (Å²) in [5, 5.41) is 2.47. The van der Waals surface area contributed by atoms with Crippen LogP contribution in [0.1, 0.15) is 15.9 Å². The number of hydrogen-bond donors (Lipinski definition) is 1. The van der Waals surface area contributed by atoms with E-state index in [0.29, 0.717) is 22.8 Å². The molecule has 3 aromatic rings. The molecule has 140 valence electrons. The molecule has 1 aliphatic rings. The van der Waals surface area contributed by atoms with Crippen molar-refractivity contribution in [3.05, 3.63) is 89.5 Å². The zero-order valence-corrected chi connectivity index (χ0v) is 14.6. The molecule has 3 aromatic carbocycles. The molecule has 0 unspecified atom stereocenters. The summed E-state index contributed by atoms with van der Waals surface area (Å²) < 4.78 is 33.5. The Morgan fingerprint density at radius 3 is 2.46 bits per heavy atom. The average molecular weight is 379 g/mol. The van der Waals surface area contributed by atoms with Crippen molar-refractivity contribution in [2.75, 3.05) is 5.32 Å². The maximum absolute atomic E-state index is 14.5. The lowest BCUT2D eigenvalue weighted by molar-refractivity contribution is -0.125. The van der Waals surface area contributed by atoms with Gasteiger partial charge >= 0.3 is 5.97 Å². The van der Waals surface area contributed by atoms with E-state index >= 15 is 0 Å². The molecule has 1 N–H and O–H groups in total. The van der Waals surface area contributed by atoms with Gasteiger partial charge in [-0.15, -0.1) is 0 Å². The summed E-state index contributed by atoms with van der Waals surface area (Å²) in [6.07, 6.45) is -0.924. The first-order valence-electron chi connectivity index (χ1n) is 8.67. The molecular weight excluding hydrogens is 364 g/mol. The van der Waals surface area contributed by atoms with Gasteiger partial charge in [0.15, 0.2) is 6.10 Å². The van der Waals surface area contributed by atoms with Crippen molar-refractivity contribution in [3.63, 3.8) is 0 Å². The number of fused-ring (bicyclic) bond motifs is 1. The number of cyclic esters (lactones) is 1. The Hall–Kier alpha value is -3.54. The van der Waals surface area contributed by atoms with Crippen LogP contribution in [0.3, 0.4) is 0 Å². The third-order valence-electron chi connectivity index (χ3n) is 4.57. The van der Waals surface area contributed by atoms with Crippen LogP contribution in [-0.4, -0.2) is 18.0 Å². The Morgan fingerprint density at radius 2 is 1.68 bits per heavy atom. The van der Waals surface area contributed by atoms with Gasteiger partial charge in [-0.3, -0.25) is 4.79 Å². The van der Waals surface area contributed by atoms with Gasteiger partial charge in [0.1, 0.15) is 11.6 Å². The van der Waals surface area contributed by atoms with Crippen molar-refractivity contribution < 1.29 is 23.1 Å². The largest absolute Gasteiger partial charge is 0.448 e. The fourth-order valence-electron chi connectivity index (χ4n) is 3.23. The molecule has 0 radical (unpaired) electrons. The van der Waals surface area contributed by atoms with Crippen LogP contribution in [-0.2, 0) is 16.0 Å². The summed E-state index contributed by atoms with van der Waals surface area (Å²) in [7, 11) is 0. The van der Waals surface area contributed by atoms with E-state index in [-0.39, 0.29) is 17.7 Å². The number of ether oxygens (including phenoxy) is 1. The molecule has 1 heterocycles. The number of benzene rings is 3. The molecule has 0 fully saturated rings. The van der Waals surface area contributed by atoms with Crippen LogP contribution in [0.5, 0.6) is 0 Å². The van der Waals surface area contributed by atoms with Gasteiger partial charge < -0.3 is 10.1 Å². The van der Waals surface area contributed by atoms with Crippen LogP contribution in [0.4, 0.5) is 14.5 Å². The van der Waals surface area contributed by atoms with Crippen molar-refractivity contribution in [1.29, 1.82) is 0 Å². The number of rotatable bonds is 3. The number of esters is 1. The van der Waals surface area contributed by atoms with E-state index in [1.807, 2.05) is 0 Å². The van der Waals surface area contributed by atoms with Crippen molar-refractivity contribution in [2.24, 2.45) is 0 Å². The lowest BCUT2D eigenvalue weighted by Crippen LogP contribution is -2.38. The molecule has 1 aliphatic heterocycles. The SMILES string of the molecule is O=C1O[C@H](C(=O)Nc2c(F)cc(F)cc2-c2ccccc2)Cc2ccccc21. The summed E-state index contributed by atoms with van der Waals surface area (Å²) in [6.45, 7) is 0. The molecule has 4 rings (SSSR count). The highest BCUT2D eigenvalue weighted by Gasteiger charge is 2.32. The minimum absolute atomic E-state index is 0.160. The minimum Gasteiger partial charge on any atom is -0.448 e. The van der Waals surface area contributed by atoms with E-state index in [9.17, 15) is 18.4 Å². The zero-order valence-electron chi connectivity index (χ0n) is 14.6. The highest BCUT2D eigenvalue weighted by molar-refractivity contribution is 6.02. The fraction of sp³-hybridized carbons (Fsp3) is 0.0909. The molecule has 0 aromatic heterocycles. The number of amides is 1. The predicted octanol–water partition coefficient (Wildman–Crippen LogP) is 4.35. The Kier molecular flexibility index (Phi) is 4.61. The molecule has 0 spiro atoms. The molecule has 6 heteroatoms. The molecular formula is C22H15F2NO3. The van der Waals surface area contributed by atoms with Crippen molar-refractivity contribution in [1.82, 2.24) is 0 Å². The lowest BCUT2D eigenvalue weighted by atomic mass is 9.98. The van der Waals surface area contributed by atoms with Crippen molar-refractivity contribution in [2.45, 2.75) is 12.5 Å². The monoisotopic (exact) mass is 379 g/mol. The van der Waals surface area contributed by atoms with Gasteiger partial charge in [-0.25, -0.2) is 13.6 Å². The van der Waals surface area contributed by atoms with Gasteiger partial charge in [-0.2, -0.15) is 0 Å². The topological polar surface area (TPSA) is 55.4 Å². The van der Waals surface area contributed by atoms with Crippen LogP contribution in [0, 0.1) is 11.6 Å². The average Bonchev–Trinajstić information content (AvgIpc) is 2.70. The number of hydrogen-bond acceptors (Lipinski definition) is 3. The smallest absolute Gasteiger partial charge is 0.339 e. The molecule has 0 bridgehead atoms. The first-order chi connectivity index (χ1) is 13.5. The normalized spacial score (nSPS) is 15.5. The second kappa shape index (κ2) is 7.23. The van der Waals surface area contributed by atoms with Crippen LogP contribution in [0.15, 0.2) is 66.7 Å². The van der Waals surface area contributed by atoms with Gasteiger partial charge in [0.05, 0.1) is 11.3 Å². The van der Waals surface area contributed by atoms with Crippen molar-refractivity contribution >= 4 is 17.6 Å². The van der Waals surface area contributed by atoms with Crippen LogP contribution >= 0.6 is 0 Å². The zero-order chi connectivity index (χ0) is 19.7. The number of halogens is 2. The van der Waals surface area contributed by atoms with Crippen LogP contribution in [0.25, 0.3) is 11.1 Å². The van der Waals surface area contributed by atoms with Gasteiger partial charge in [0.25, 0.3) is 5.91 Å². The Balaban J connectivity index is 1.65. The molecule has 4 nitrogen and oxygen atoms in total. The van der Waals surface area contributed by atoms with E-state index in [2.05, 4.69) is 5.32 Å². The molecule has 0 saturated carbocycles. The summed E-state index contributed by atoms with van der Waals surface area (Å²) in [5.41, 5.74) is 1.68. The number of carbonyl (C=O) groups excluding carboxylic acids is 2. The van der Waals surface area contributed by atoms with Gasteiger partial charge in [0, 0.05) is 18.1 Å². The maximum atomic E-state index is 14.5. The highest BCUT2D eigenvalue weighted by atomic mass is 19.1. The summed E-state index contributed by atoms with van der Waals surface area (Å²) >= 11 is 0.